The maximum Gasteiger partial charge on any atom is 0.226 e. The van der Waals surface area contributed by atoms with E-state index in [4.69, 9.17) is 21.1 Å². The lowest BCUT2D eigenvalue weighted by molar-refractivity contribution is -0.120. The summed E-state index contributed by atoms with van der Waals surface area (Å²) in [4.78, 5) is 23.9. The standard InChI is InChI=1S/C19H19ClN2O4/c1-12(23)21-16(13-2-4-14(20)5-3-13)11-19(24)22-15-6-7-17-18(10-15)26-9-8-25-17/h2-7,10,16H,8-9,11H2,1H3,(H,21,23)(H,22,24)/t16-/m1/s1. The van der Waals surface area contributed by atoms with Crippen LogP contribution in [0.3, 0.4) is 0 Å². The minimum absolute atomic E-state index is 0.0929. The van der Waals surface area contributed by atoms with Gasteiger partial charge in [0.15, 0.2) is 11.5 Å². The molecule has 0 spiro atoms. The molecular weight excluding hydrogens is 356 g/mol. The van der Waals surface area contributed by atoms with Gasteiger partial charge >= 0.3 is 0 Å². The van der Waals surface area contributed by atoms with Gasteiger partial charge in [-0.3, -0.25) is 9.59 Å². The van der Waals surface area contributed by atoms with Crippen LogP contribution in [0.25, 0.3) is 0 Å². The molecule has 1 aliphatic rings. The molecule has 0 unspecified atom stereocenters. The average Bonchev–Trinajstić information content (AvgIpc) is 2.61. The van der Waals surface area contributed by atoms with E-state index < -0.39 is 6.04 Å². The van der Waals surface area contributed by atoms with Crippen LogP contribution in [0, 0.1) is 0 Å². The van der Waals surface area contributed by atoms with Crippen LogP contribution in [0.1, 0.15) is 24.9 Å². The first kappa shape index (κ1) is 18.1. The molecule has 26 heavy (non-hydrogen) atoms. The van der Waals surface area contributed by atoms with Crippen molar-refractivity contribution in [1.82, 2.24) is 5.32 Å². The molecule has 2 aromatic rings. The molecule has 1 heterocycles. The van der Waals surface area contributed by atoms with Gasteiger partial charge in [0, 0.05) is 23.7 Å². The number of anilines is 1. The summed E-state index contributed by atoms with van der Waals surface area (Å²) in [5.74, 6) is 0.823. The first-order valence-electron chi connectivity index (χ1n) is 8.23. The first-order valence-corrected chi connectivity index (χ1v) is 8.61. The van der Waals surface area contributed by atoms with Crippen LogP contribution < -0.4 is 20.1 Å². The van der Waals surface area contributed by atoms with E-state index in [2.05, 4.69) is 10.6 Å². The van der Waals surface area contributed by atoms with Gasteiger partial charge in [-0.05, 0) is 29.8 Å². The molecule has 3 rings (SSSR count). The van der Waals surface area contributed by atoms with Crippen LogP contribution >= 0.6 is 11.6 Å². The molecule has 0 radical (unpaired) electrons. The Balaban J connectivity index is 1.69. The van der Waals surface area contributed by atoms with Crippen molar-refractivity contribution in [3.63, 3.8) is 0 Å². The van der Waals surface area contributed by atoms with Crippen molar-refractivity contribution in [2.24, 2.45) is 0 Å². The van der Waals surface area contributed by atoms with Crippen molar-refractivity contribution in [3.05, 3.63) is 53.1 Å². The molecule has 6 nitrogen and oxygen atoms in total. The van der Waals surface area contributed by atoms with Crippen molar-refractivity contribution >= 4 is 29.1 Å². The zero-order valence-corrected chi connectivity index (χ0v) is 15.0. The third-order valence-corrected chi connectivity index (χ3v) is 4.12. The zero-order chi connectivity index (χ0) is 18.5. The SMILES string of the molecule is CC(=O)N[C@H](CC(=O)Nc1ccc2c(c1)OCCO2)c1ccc(Cl)cc1. The molecule has 0 saturated heterocycles. The summed E-state index contributed by atoms with van der Waals surface area (Å²) in [6.07, 6.45) is 0.0929. The number of fused-ring (bicyclic) bond motifs is 1. The van der Waals surface area contributed by atoms with Gasteiger partial charge < -0.3 is 20.1 Å². The maximum atomic E-state index is 12.5. The second-order valence-corrected chi connectivity index (χ2v) is 6.35. The van der Waals surface area contributed by atoms with E-state index >= 15 is 0 Å². The molecule has 2 amide bonds. The summed E-state index contributed by atoms with van der Waals surface area (Å²) < 4.78 is 11.0. The summed E-state index contributed by atoms with van der Waals surface area (Å²) in [6.45, 7) is 2.41. The van der Waals surface area contributed by atoms with Crippen LogP contribution in [-0.2, 0) is 9.59 Å². The molecule has 0 fully saturated rings. The molecule has 2 aromatic carbocycles. The molecule has 0 aliphatic carbocycles. The van der Waals surface area contributed by atoms with E-state index in [0.29, 0.717) is 35.4 Å². The molecule has 7 heteroatoms. The fourth-order valence-electron chi connectivity index (χ4n) is 2.71. The zero-order valence-electron chi connectivity index (χ0n) is 14.3. The van der Waals surface area contributed by atoms with Gasteiger partial charge in [0.2, 0.25) is 11.8 Å². The first-order chi connectivity index (χ1) is 12.5. The van der Waals surface area contributed by atoms with Gasteiger partial charge in [-0.25, -0.2) is 0 Å². The molecular formula is C19H19ClN2O4. The third kappa shape index (κ3) is 4.67. The van der Waals surface area contributed by atoms with Crippen molar-refractivity contribution in [2.75, 3.05) is 18.5 Å². The van der Waals surface area contributed by atoms with Crippen LogP contribution in [0.5, 0.6) is 11.5 Å². The quantitative estimate of drug-likeness (QED) is 0.841. The number of rotatable bonds is 5. The number of benzene rings is 2. The second kappa shape index (κ2) is 8.10. The van der Waals surface area contributed by atoms with E-state index in [1.807, 2.05) is 0 Å². The Bertz CT molecular complexity index is 808. The smallest absolute Gasteiger partial charge is 0.226 e. The van der Waals surface area contributed by atoms with E-state index in [1.165, 1.54) is 6.92 Å². The van der Waals surface area contributed by atoms with Crippen molar-refractivity contribution in [2.45, 2.75) is 19.4 Å². The van der Waals surface area contributed by atoms with Gasteiger partial charge in [0.25, 0.3) is 0 Å². The number of carbonyl (C=O) groups excluding carboxylic acids is 2. The number of hydrogen-bond donors (Lipinski definition) is 2. The lowest BCUT2D eigenvalue weighted by atomic mass is 10.0. The topological polar surface area (TPSA) is 76.7 Å². The highest BCUT2D eigenvalue weighted by atomic mass is 35.5. The maximum absolute atomic E-state index is 12.5. The molecule has 1 aliphatic heterocycles. The predicted molar refractivity (Wildman–Crippen MR) is 98.7 cm³/mol. The molecule has 0 aromatic heterocycles. The summed E-state index contributed by atoms with van der Waals surface area (Å²) in [7, 11) is 0. The van der Waals surface area contributed by atoms with Crippen molar-refractivity contribution < 1.29 is 19.1 Å². The monoisotopic (exact) mass is 374 g/mol. The average molecular weight is 375 g/mol. The summed E-state index contributed by atoms with van der Waals surface area (Å²) in [6, 6.07) is 11.8. The van der Waals surface area contributed by atoms with E-state index in [-0.39, 0.29) is 18.2 Å². The minimum atomic E-state index is -0.443. The molecule has 1 atom stereocenters. The molecule has 2 N–H and O–H groups in total. The molecule has 136 valence electrons. The highest BCUT2D eigenvalue weighted by Gasteiger charge is 2.18. The highest BCUT2D eigenvalue weighted by molar-refractivity contribution is 6.30. The number of halogens is 1. The lowest BCUT2D eigenvalue weighted by Crippen LogP contribution is -2.29. The Morgan fingerprint density at radius 2 is 1.77 bits per heavy atom. The van der Waals surface area contributed by atoms with Crippen LogP contribution in [0.2, 0.25) is 5.02 Å². The number of ether oxygens (including phenoxy) is 2. The number of hydrogen-bond acceptors (Lipinski definition) is 4. The van der Waals surface area contributed by atoms with Crippen molar-refractivity contribution in [3.8, 4) is 11.5 Å². The Kier molecular flexibility index (Phi) is 5.63. The molecule has 0 bridgehead atoms. The van der Waals surface area contributed by atoms with Gasteiger partial charge in [0.1, 0.15) is 13.2 Å². The number of nitrogens with one attached hydrogen (secondary N) is 2. The van der Waals surface area contributed by atoms with E-state index in [0.717, 1.165) is 5.56 Å². The lowest BCUT2D eigenvalue weighted by Gasteiger charge is -2.20. The number of amides is 2. The fraction of sp³-hybridized carbons (Fsp3) is 0.263. The third-order valence-electron chi connectivity index (χ3n) is 3.87. The van der Waals surface area contributed by atoms with Gasteiger partial charge in [-0.15, -0.1) is 0 Å². The van der Waals surface area contributed by atoms with Gasteiger partial charge in [-0.1, -0.05) is 23.7 Å². The van der Waals surface area contributed by atoms with E-state index in [1.54, 1.807) is 42.5 Å². The summed E-state index contributed by atoms with van der Waals surface area (Å²) in [5.41, 5.74) is 1.42. The Hall–Kier alpha value is -2.73. The predicted octanol–water partition coefficient (Wildman–Crippen LogP) is 3.32. The summed E-state index contributed by atoms with van der Waals surface area (Å²) in [5, 5.41) is 6.21. The normalized spacial score (nSPS) is 13.6. The van der Waals surface area contributed by atoms with Gasteiger partial charge in [-0.2, -0.15) is 0 Å². The van der Waals surface area contributed by atoms with Crippen LogP contribution in [0.4, 0.5) is 5.69 Å². The largest absolute Gasteiger partial charge is 0.486 e. The van der Waals surface area contributed by atoms with E-state index in [9.17, 15) is 9.59 Å². The summed E-state index contributed by atoms with van der Waals surface area (Å²) >= 11 is 5.90. The fourth-order valence-corrected chi connectivity index (χ4v) is 2.84. The van der Waals surface area contributed by atoms with Crippen LogP contribution in [0.15, 0.2) is 42.5 Å². The van der Waals surface area contributed by atoms with Crippen LogP contribution in [-0.4, -0.2) is 25.0 Å². The Labute approximate surface area is 156 Å². The Morgan fingerprint density at radius 3 is 2.46 bits per heavy atom. The van der Waals surface area contributed by atoms with Crippen molar-refractivity contribution in [1.29, 1.82) is 0 Å². The number of carbonyl (C=O) groups is 2. The highest BCUT2D eigenvalue weighted by Crippen LogP contribution is 2.32. The van der Waals surface area contributed by atoms with Gasteiger partial charge in [0.05, 0.1) is 12.5 Å². The minimum Gasteiger partial charge on any atom is -0.486 e. The molecule has 0 saturated carbocycles. The Morgan fingerprint density at radius 1 is 1.08 bits per heavy atom. The second-order valence-electron chi connectivity index (χ2n) is 5.92.